The molecule has 2 aromatic rings. The molecule has 2 N–H and O–H groups in total. The molecule has 104 valence electrons. The Labute approximate surface area is 116 Å². The Bertz CT molecular complexity index is 664. The van der Waals surface area contributed by atoms with Crippen molar-refractivity contribution in [1.82, 2.24) is 9.78 Å². The molecular weight excluding hydrogens is 258 g/mol. The minimum atomic E-state index is 0.382. The number of benzene rings is 1. The number of rotatable bonds is 3. The molecule has 6 nitrogen and oxygen atoms in total. The van der Waals surface area contributed by atoms with Gasteiger partial charge in [0.1, 0.15) is 24.7 Å². The van der Waals surface area contributed by atoms with E-state index < -0.39 is 0 Å². The fourth-order valence-electron chi connectivity index (χ4n) is 2.25. The van der Waals surface area contributed by atoms with E-state index in [9.17, 15) is 4.79 Å². The van der Waals surface area contributed by atoms with Crippen molar-refractivity contribution in [2.75, 3.05) is 18.9 Å². The lowest BCUT2D eigenvalue weighted by atomic mass is 10.1. The summed E-state index contributed by atoms with van der Waals surface area (Å²) in [6, 6.07) is 5.49. The molecule has 1 aliphatic heterocycles. The normalized spacial score (nSPS) is 13.2. The van der Waals surface area contributed by atoms with Crippen LogP contribution in [0.3, 0.4) is 0 Å². The van der Waals surface area contributed by atoms with E-state index in [-0.39, 0.29) is 0 Å². The molecule has 1 aromatic carbocycles. The summed E-state index contributed by atoms with van der Waals surface area (Å²) in [6.45, 7) is 3.59. The van der Waals surface area contributed by atoms with E-state index >= 15 is 0 Å². The number of aldehydes is 1. The summed E-state index contributed by atoms with van der Waals surface area (Å²) in [5, 5.41) is 4.38. The summed E-state index contributed by atoms with van der Waals surface area (Å²) >= 11 is 0. The van der Waals surface area contributed by atoms with E-state index in [1.165, 1.54) is 0 Å². The standard InChI is InChI=1S/C14H15N3O3/c1-2-17-14(15)10(8-18)13(16-17)9-3-4-11-12(7-9)20-6-5-19-11/h3-4,7-8H,2,5-6,15H2,1H3. The van der Waals surface area contributed by atoms with Gasteiger partial charge in [-0.15, -0.1) is 0 Å². The fraction of sp³-hybridized carbons (Fsp3) is 0.286. The topological polar surface area (TPSA) is 79.4 Å². The first-order valence-electron chi connectivity index (χ1n) is 6.46. The predicted molar refractivity (Wildman–Crippen MR) is 74.1 cm³/mol. The third kappa shape index (κ3) is 1.89. The van der Waals surface area contributed by atoms with Crippen LogP contribution in [0.2, 0.25) is 0 Å². The molecule has 2 heterocycles. The Hall–Kier alpha value is -2.50. The Morgan fingerprint density at radius 1 is 1.35 bits per heavy atom. The van der Waals surface area contributed by atoms with Crippen molar-refractivity contribution in [3.8, 4) is 22.8 Å². The van der Waals surface area contributed by atoms with Crippen molar-refractivity contribution in [2.45, 2.75) is 13.5 Å². The van der Waals surface area contributed by atoms with Crippen molar-refractivity contribution in [1.29, 1.82) is 0 Å². The Morgan fingerprint density at radius 3 is 2.80 bits per heavy atom. The van der Waals surface area contributed by atoms with Crippen molar-refractivity contribution in [3.63, 3.8) is 0 Å². The van der Waals surface area contributed by atoms with Gasteiger partial charge in [0, 0.05) is 12.1 Å². The molecule has 0 radical (unpaired) electrons. The molecule has 0 amide bonds. The molecule has 0 fully saturated rings. The Balaban J connectivity index is 2.11. The van der Waals surface area contributed by atoms with Gasteiger partial charge in [0.25, 0.3) is 0 Å². The van der Waals surface area contributed by atoms with Crippen LogP contribution >= 0.6 is 0 Å². The van der Waals surface area contributed by atoms with Crippen LogP contribution in [0.5, 0.6) is 11.5 Å². The molecule has 6 heteroatoms. The van der Waals surface area contributed by atoms with E-state index in [1.54, 1.807) is 4.68 Å². The number of nitrogen functional groups attached to an aromatic ring is 1. The van der Waals surface area contributed by atoms with Crippen LogP contribution in [0.25, 0.3) is 11.3 Å². The number of hydrogen-bond donors (Lipinski definition) is 1. The molecule has 0 spiro atoms. The maximum absolute atomic E-state index is 11.3. The van der Waals surface area contributed by atoms with Crippen LogP contribution in [0.1, 0.15) is 17.3 Å². The number of ether oxygens (including phenoxy) is 2. The SMILES string of the molecule is CCn1nc(-c2ccc3c(c2)OCCO3)c(C=O)c1N. The lowest BCUT2D eigenvalue weighted by Crippen LogP contribution is -2.15. The zero-order valence-electron chi connectivity index (χ0n) is 11.1. The van der Waals surface area contributed by atoms with Crippen molar-refractivity contribution >= 4 is 12.1 Å². The number of aryl methyl sites for hydroxylation is 1. The van der Waals surface area contributed by atoms with Gasteiger partial charge in [-0.25, -0.2) is 4.68 Å². The zero-order chi connectivity index (χ0) is 14.1. The van der Waals surface area contributed by atoms with E-state index in [0.717, 1.165) is 11.8 Å². The molecule has 0 unspecified atom stereocenters. The molecule has 1 aromatic heterocycles. The summed E-state index contributed by atoms with van der Waals surface area (Å²) in [6.07, 6.45) is 0.737. The van der Waals surface area contributed by atoms with Crippen molar-refractivity contribution in [3.05, 3.63) is 23.8 Å². The zero-order valence-corrected chi connectivity index (χ0v) is 11.1. The molecule has 0 saturated heterocycles. The first kappa shape index (κ1) is 12.5. The van der Waals surface area contributed by atoms with Crippen LogP contribution in [-0.2, 0) is 6.54 Å². The third-order valence-corrected chi connectivity index (χ3v) is 3.26. The molecule has 20 heavy (non-hydrogen) atoms. The molecule has 0 atom stereocenters. The van der Waals surface area contributed by atoms with E-state index in [4.69, 9.17) is 15.2 Å². The average molecular weight is 273 g/mol. The van der Waals surface area contributed by atoms with Crippen molar-refractivity contribution < 1.29 is 14.3 Å². The Kier molecular flexibility index (Phi) is 3.06. The van der Waals surface area contributed by atoms with E-state index in [0.29, 0.717) is 48.3 Å². The third-order valence-electron chi connectivity index (χ3n) is 3.26. The van der Waals surface area contributed by atoms with Crippen LogP contribution in [-0.4, -0.2) is 29.3 Å². The first-order valence-corrected chi connectivity index (χ1v) is 6.46. The number of aromatic nitrogens is 2. The number of fused-ring (bicyclic) bond motifs is 1. The maximum atomic E-state index is 11.3. The molecular formula is C14H15N3O3. The van der Waals surface area contributed by atoms with Gasteiger partial charge in [-0.1, -0.05) is 0 Å². The first-order chi connectivity index (χ1) is 9.74. The van der Waals surface area contributed by atoms with Gasteiger partial charge >= 0.3 is 0 Å². The molecule has 0 aliphatic carbocycles. The second-order valence-corrected chi connectivity index (χ2v) is 4.44. The van der Waals surface area contributed by atoms with Gasteiger partial charge in [-0.3, -0.25) is 4.79 Å². The molecule has 0 bridgehead atoms. The van der Waals surface area contributed by atoms with Gasteiger partial charge in [0.15, 0.2) is 17.8 Å². The summed E-state index contributed by atoms with van der Waals surface area (Å²) in [4.78, 5) is 11.3. The largest absolute Gasteiger partial charge is 0.486 e. The van der Waals surface area contributed by atoms with Gasteiger partial charge < -0.3 is 15.2 Å². The maximum Gasteiger partial charge on any atom is 0.162 e. The van der Waals surface area contributed by atoms with Crippen LogP contribution in [0.4, 0.5) is 5.82 Å². The fourth-order valence-corrected chi connectivity index (χ4v) is 2.25. The molecule has 3 rings (SSSR count). The average Bonchev–Trinajstić information content (AvgIpc) is 2.82. The highest BCUT2D eigenvalue weighted by Crippen LogP contribution is 2.35. The number of nitrogens with two attached hydrogens (primary N) is 1. The predicted octanol–water partition coefficient (Wildman–Crippen LogP) is 1.74. The summed E-state index contributed by atoms with van der Waals surface area (Å²) < 4.78 is 12.6. The lowest BCUT2D eigenvalue weighted by Gasteiger charge is -2.18. The summed E-state index contributed by atoms with van der Waals surface area (Å²) in [5.74, 6) is 1.75. The number of anilines is 1. The lowest BCUT2D eigenvalue weighted by molar-refractivity contribution is 0.112. The Morgan fingerprint density at radius 2 is 2.10 bits per heavy atom. The number of hydrogen-bond acceptors (Lipinski definition) is 5. The van der Waals surface area contributed by atoms with Crippen LogP contribution in [0, 0.1) is 0 Å². The smallest absolute Gasteiger partial charge is 0.162 e. The number of carbonyl (C=O) groups excluding carboxylic acids is 1. The van der Waals surface area contributed by atoms with Crippen LogP contribution < -0.4 is 15.2 Å². The quantitative estimate of drug-likeness (QED) is 0.862. The van der Waals surface area contributed by atoms with Gasteiger partial charge in [0.05, 0.1) is 5.56 Å². The molecule has 1 aliphatic rings. The minimum absolute atomic E-state index is 0.382. The summed E-state index contributed by atoms with van der Waals surface area (Å²) in [5.41, 5.74) is 7.67. The highest BCUT2D eigenvalue weighted by molar-refractivity contribution is 5.91. The number of carbonyl (C=O) groups is 1. The highest BCUT2D eigenvalue weighted by atomic mass is 16.6. The summed E-state index contributed by atoms with van der Waals surface area (Å²) in [7, 11) is 0. The van der Waals surface area contributed by atoms with E-state index in [2.05, 4.69) is 5.10 Å². The minimum Gasteiger partial charge on any atom is -0.486 e. The van der Waals surface area contributed by atoms with Crippen molar-refractivity contribution in [2.24, 2.45) is 0 Å². The monoisotopic (exact) mass is 273 g/mol. The van der Waals surface area contributed by atoms with Gasteiger partial charge in [-0.05, 0) is 25.1 Å². The highest BCUT2D eigenvalue weighted by Gasteiger charge is 2.19. The molecule has 0 saturated carbocycles. The van der Waals surface area contributed by atoms with Gasteiger partial charge in [0.2, 0.25) is 0 Å². The second kappa shape index (κ2) is 4.88. The van der Waals surface area contributed by atoms with Crippen LogP contribution in [0.15, 0.2) is 18.2 Å². The van der Waals surface area contributed by atoms with Gasteiger partial charge in [-0.2, -0.15) is 5.10 Å². The number of nitrogens with zero attached hydrogens (tertiary/aromatic N) is 2. The second-order valence-electron chi connectivity index (χ2n) is 4.44. The van der Waals surface area contributed by atoms with E-state index in [1.807, 2.05) is 25.1 Å².